The lowest BCUT2D eigenvalue weighted by Gasteiger charge is -2.31. The van der Waals surface area contributed by atoms with Gasteiger partial charge >= 0.3 is 0 Å². The van der Waals surface area contributed by atoms with Gasteiger partial charge in [-0.2, -0.15) is 0 Å². The maximum Gasteiger partial charge on any atom is 0.0667 e. The molecule has 0 aromatic heterocycles. The summed E-state index contributed by atoms with van der Waals surface area (Å²) in [6.45, 7) is 5.29. The summed E-state index contributed by atoms with van der Waals surface area (Å²) in [6, 6.07) is 20.1. The second kappa shape index (κ2) is 6.10. The van der Waals surface area contributed by atoms with E-state index in [0.717, 1.165) is 26.1 Å². The Morgan fingerprint density at radius 1 is 1.05 bits per heavy atom. The van der Waals surface area contributed by atoms with E-state index in [-0.39, 0.29) is 0 Å². The largest absolute Gasteiger partial charge is 0.363 e. The van der Waals surface area contributed by atoms with Crippen LogP contribution >= 0.6 is 0 Å². The molecular formula is C18H22N2. The third-order valence-electron chi connectivity index (χ3n) is 4.07. The van der Waals surface area contributed by atoms with E-state index in [1.807, 2.05) is 0 Å². The number of anilines is 1. The van der Waals surface area contributed by atoms with Gasteiger partial charge in [0.1, 0.15) is 0 Å². The van der Waals surface area contributed by atoms with Gasteiger partial charge in [-0.1, -0.05) is 55.5 Å². The molecule has 1 atom stereocenters. The summed E-state index contributed by atoms with van der Waals surface area (Å²) in [4.78, 5) is 2.55. The molecule has 1 aliphatic heterocycles. The van der Waals surface area contributed by atoms with E-state index in [0.29, 0.717) is 6.04 Å². The minimum absolute atomic E-state index is 0.416. The Kier molecular flexibility index (Phi) is 4.03. The smallest absolute Gasteiger partial charge is 0.0667 e. The van der Waals surface area contributed by atoms with E-state index in [9.17, 15) is 0 Å². The van der Waals surface area contributed by atoms with Crippen molar-refractivity contribution in [2.24, 2.45) is 0 Å². The minimum atomic E-state index is 0.416. The lowest BCUT2D eigenvalue weighted by Crippen LogP contribution is -2.35. The summed E-state index contributed by atoms with van der Waals surface area (Å²) < 4.78 is 0. The molecule has 0 spiro atoms. The first-order chi connectivity index (χ1) is 9.90. The lowest BCUT2D eigenvalue weighted by atomic mass is 10.0. The zero-order valence-electron chi connectivity index (χ0n) is 12.0. The average Bonchev–Trinajstić information content (AvgIpc) is 2.93. The summed E-state index contributed by atoms with van der Waals surface area (Å²) in [5, 5.41) is 3.51. The number of likely N-dealkylation sites (N-methyl/N-ethyl adjacent to an activating group) is 1. The van der Waals surface area contributed by atoms with Gasteiger partial charge in [0.2, 0.25) is 0 Å². The first kappa shape index (κ1) is 13.2. The van der Waals surface area contributed by atoms with E-state index in [1.165, 1.54) is 16.8 Å². The predicted octanol–water partition coefficient (Wildman–Crippen LogP) is 3.40. The Labute approximate surface area is 121 Å². The quantitative estimate of drug-likeness (QED) is 0.892. The number of para-hydroxylation sites is 1. The van der Waals surface area contributed by atoms with Crippen molar-refractivity contribution in [1.82, 2.24) is 5.32 Å². The molecule has 1 heterocycles. The van der Waals surface area contributed by atoms with Gasteiger partial charge in [-0.05, 0) is 30.2 Å². The number of nitrogens with zero attached hydrogens (tertiary/aromatic N) is 1. The SMILES string of the molecule is CCNCC(c1ccccc1)N1CCc2ccccc21. The van der Waals surface area contributed by atoms with Gasteiger partial charge in [-0.25, -0.2) is 0 Å². The Morgan fingerprint density at radius 2 is 1.80 bits per heavy atom. The summed E-state index contributed by atoms with van der Waals surface area (Å²) in [5.74, 6) is 0. The zero-order valence-corrected chi connectivity index (χ0v) is 12.0. The number of benzene rings is 2. The van der Waals surface area contributed by atoms with Crippen LogP contribution in [0.4, 0.5) is 5.69 Å². The van der Waals surface area contributed by atoms with Crippen molar-refractivity contribution in [3.8, 4) is 0 Å². The standard InChI is InChI=1S/C18H22N2/c1-2-19-14-18(15-8-4-3-5-9-15)20-13-12-16-10-6-7-11-17(16)20/h3-11,18-19H,2,12-14H2,1H3. The van der Waals surface area contributed by atoms with Gasteiger partial charge in [0.25, 0.3) is 0 Å². The molecule has 2 aromatic rings. The Morgan fingerprint density at radius 3 is 2.60 bits per heavy atom. The van der Waals surface area contributed by atoms with Crippen LogP contribution in [0.25, 0.3) is 0 Å². The monoisotopic (exact) mass is 266 g/mol. The fourth-order valence-corrected chi connectivity index (χ4v) is 3.05. The summed E-state index contributed by atoms with van der Waals surface area (Å²) in [7, 11) is 0. The fraction of sp³-hybridized carbons (Fsp3) is 0.333. The third kappa shape index (κ3) is 2.56. The molecule has 0 saturated carbocycles. The van der Waals surface area contributed by atoms with Gasteiger partial charge in [0, 0.05) is 18.8 Å². The first-order valence-corrected chi connectivity index (χ1v) is 7.50. The van der Waals surface area contributed by atoms with Crippen molar-refractivity contribution in [3.05, 3.63) is 65.7 Å². The summed E-state index contributed by atoms with van der Waals surface area (Å²) in [5.41, 5.74) is 4.27. The Hall–Kier alpha value is -1.80. The van der Waals surface area contributed by atoms with Gasteiger partial charge in [0.05, 0.1) is 6.04 Å². The molecule has 1 unspecified atom stereocenters. The number of fused-ring (bicyclic) bond motifs is 1. The van der Waals surface area contributed by atoms with Crippen molar-refractivity contribution in [1.29, 1.82) is 0 Å². The van der Waals surface area contributed by atoms with Crippen LogP contribution in [0.15, 0.2) is 54.6 Å². The molecule has 0 amide bonds. The van der Waals surface area contributed by atoms with Gasteiger partial charge in [-0.3, -0.25) is 0 Å². The van der Waals surface area contributed by atoms with Crippen LogP contribution in [0.2, 0.25) is 0 Å². The van der Waals surface area contributed by atoms with E-state index in [1.54, 1.807) is 0 Å². The highest BCUT2D eigenvalue weighted by molar-refractivity contribution is 5.59. The highest BCUT2D eigenvalue weighted by Crippen LogP contribution is 2.34. The molecule has 2 aromatic carbocycles. The normalized spacial score (nSPS) is 15.2. The average molecular weight is 266 g/mol. The van der Waals surface area contributed by atoms with Crippen molar-refractivity contribution in [2.75, 3.05) is 24.5 Å². The first-order valence-electron chi connectivity index (χ1n) is 7.50. The Bertz CT molecular complexity index is 550. The molecule has 0 saturated heterocycles. The Balaban J connectivity index is 1.91. The molecule has 0 fully saturated rings. The zero-order chi connectivity index (χ0) is 13.8. The molecule has 20 heavy (non-hydrogen) atoms. The van der Waals surface area contributed by atoms with Crippen LogP contribution in [-0.4, -0.2) is 19.6 Å². The number of hydrogen-bond donors (Lipinski definition) is 1. The van der Waals surface area contributed by atoms with Crippen LogP contribution in [0.3, 0.4) is 0 Å². The molecule has 1 aliphatic rings. The van der Waals surface area contributed by atoms with E-state index < -0.39 is 0 Å². The predicted molar refractivity (Wildman–Crippen MR) is 85.2 cm³/mol. The van der Waals surface area contributed by atoms with E-state index in [4.69, 9.17) is 0 Å². The molecule has 2 nitrogen and oxygen atoms in total. The number of hydrogen-bond acceptors (Lipinski definition) is 2. The van der Waals surface area contributed by atoms with Gasteiger partial charge < -0.3 is 10.2 Å². The minimum Gasteiger partial charge on any atom is -0.363 e. The third-order valence-corrected chi connectivity index (χ3v) is 4.07. The topological polar surface area (TPSA) is 15.3 Å². The maximum absolute atomic E-state index is 3.51. The van der Waals surface area contributed by atoms with Crippen LogP contribution < -0.4 is 10.2 Å². The van der Waals surface area contributed by atoms with Crippen molar-refractivity contribution >= 4 is 5.69 Å². The molecule has 1 N–H and O–H groups in total. The summed E-state index contributed by atoms with van der Waals surface area (Å²) in [6.07, 6.45) is 1.16. The molecule has 2 heteroatoms. The molecule has 3 rings (SSSR count). The molecule has 0 bridgehead atoms. The van der Waals surface area contributed by atoms with Crippen molar-refractivity contribution < 1.29 is 0 Å². The molecule has 0 radical (unpaired) electrons. The van der Waals surface area contributed by atoms with Crippen LogP contribution in [0, 0.1) is 0 Å². The van der Waals surface area contributed by atoms with Crippen LogP contribution in [0.5, 0.6) is 0 Å². The van der Waals surface area contributed by atoms with Gasteiger partial charge in [-0.15, -0.1) is 0 Å². The second-order valence-electron chi connectivity index (χ2n) is 5.31. The van der Waals surface area contributed by atoms with E-state index in [2.05, 4.69) is 71.7 Å². The number of nitrogens with one attached hydrogen (secondary N) is 1. The molecular weight excluding hydrogens is 244 g/mol. The van der Waals surface area contributed by atoms with Crippen molar-refractivity contribution in [2.45, 2.75) is 19.4 Å². The maximum atomic E-state index is 3.51. The molecule has 104 valence electrons. The lowest BCUT2D eigenvalue weighted by molar-refractivity contribution is 0.572. The van der Waals surface area contributed by atoms with Gasteiger partial charge in [0.15, 0.2) is 0 Å². The molecule has 0 aliphatic carbocycles. The van der Waals surface area contributed by atoms with Crippen LogP contribution in [0.1, 0.15) is 24.1 Å². The number of rotatable bonds is 5. The van der Waals surface area contributed by atoms with E-state index >= 15 is 0 Å². The van der Waals surface area contributed by atoms with Crippen molar-refractivity contribution in [3.63, 3.8) is 0 Å². The fourth-order valence-electron chi connectivity index (χ4n) is 3.05. The second-order valence-corrected chi connectivity index (χ2v) is 5.31. The highest BCUT2D eigenvalue weighted by Gasteiger charge is 2.26. The highest BCUT2D eigenvalue weighted by atomic mass is 15.2. The summed E-state index contributed by atoms with van der Waals surface area (Å²) >= 11 is 0. The van der Waals surface area contributed by atoms with Crippen LogP contribution in [-0.2, 0) is 6.42 Å².